The van der Waals surface area contributed by atoms with E-state index in [-0.39, 0.29) is 5.56 Å². The monoisotopic (exact) mass is 329 g/mol. The van der Waals surface area contributed by atoms with E-state index in [4.69, 9.17) is 0 Å². The Hall–Kier alpha value is -3.14. The predicted molar refractivity (Wildman–Crippen MR) is 101 cm³/mol. The van der Waals surface area contributed by atoms with E-state index in [1.165, 1.54) is 24.1 Å². The molecule has 1 aliphatic carbocycles. The van der Waals surface area contributed by atoms with Gasteiger partial charge in [0.15, 0.2) is 0 Å². The average Bonchev–Trinajstić information content (AvgIpc) is 3.48. The maximum absolute atomic E-state index is 12.4. The van der Waals surface area contributed by atoms with Crippen molar-refractivity contribution in [1.82, 2.24) is 9.55 Å². The van der Waals surface area contributed by atoms with E-state index in [1.807, 2.05) is 48.7 Å². The highest BCUT2D eigenvalue weighted by molar-refractivity contribution is 5.63. The molecule has 3 aromatic rings. The zero-order chi connectivity index (χ0) is 17.2. The molecule has 1 N–H and O–H groups in total. The van der Waals surface area contributed by atoms with Gasteiger partial charge >= 0.3 is 0 Å². The summed E-state index contributed by atoms with van der Waals surface area (Å²) in [5, 5.41) is 3.44. The van der Waals surface area contributed by atoms with Crippen LogP contribution in [0, 0.1) is 0 Å². The number of hydrogen-bond donors (Lipinski definition) is 1. The smallest absolute Gasteiger partial charge is 0.255 e. The first kappa shape index (κ1) is 15.4. The van der Waals surface area contributed by atoms with Crippen LogP contribution in [0.15, 0.2) is 83.2 Å². The molecule has 0 bridgehead atoms. The molecule has 4 nitrogen and oxygen atoms in total. The van der Waals surface area contributed by atoms with Crippen LogP contribution < -0.4 is 10.9 Å². The van der Waals surface area contributed by atoms with Gasteiger partial charge in [0.05, 0.1) is 5.69 Å². The van der Waals surface area contributed by atoms with Gasteiger partial charge in [0.25, 0.3) is 5.56 Å². The van der Waals surface area contributed by atoms with E-state index < -0.39 is 0 Å². The van der Waals surface area contributed by atoms with Crippen molar-refractivity contribution in [3.63, 3.8) is 0 Å². The Labute approximate surface area is 146 Å². The first-order chi connectivity index (χ1) is 12.2. The molecular weight excluding hydrogens is 310 g/mol. The molecule has 124 valence electrons. The summed E-state index contributed by atoms with van der Waals surface area (Å²) in [6.45, 7) is 2.10. The third-order valence-corrected chi connectivity index (χ3v) is 4.41. The lowest BCUT2D eigenvalue weighted by Gasteiger charge is -2.12. The summed E-state index contributed by atoms with van der Waals surface area (Å²) >= 11 is 0. The van der Waals surface area contributed by atoms with Crippen LogP contribution >= 0.6 is 0 Å². The van der Waals surface area contributed by atoms with Crippen LogP contribution in [-0.2, 0) is 0 Å². The maximum atomic E-state index is 12.4. The third-order valence-electron chi connectivity index (χ3n) is 4.41. The fourth-order valence-corrected chi connectivity index (χ4v) is 2.88. The minimum atomic E-state index is -0.0489. The quantitative estimate of drug-likeness (QED) is 0.773. The van der Waals surface area contributed by atoms with Crippen molar-refractivity contribution in [2.45, 2.75) is 19.8 Å². The van der Waals surface area contributed by atoms with Gasteiger partial charge < -0.3 is 5.32 Å². The Morgan fingerprint density at radius 2 is 1.84 bits per heavy atom. The second-order valence-corrected chi connectivity index (χ2v) is 6.27. The highest BCUT2D eigenvalue weighted by Crippen LogP contribution is 2.32. The lowest BCUT2D eigenvalue weighted by atomic mass is 10.1. The van der Waals surface area contributed by atoms with Gasteiger partial charge in [0, 0.05) is 36.0 Å². The molecule has 0 radical (unpaired) electrons. The van der Waals surface area contributed by atoms with Crippen LogP contribution in [0.2, 0.25) is 0 Å². The van der Waals surface area contributed by atoms with E-state index in [2.05, 4.69) is 17.2 Å². The van der Waals surface area contributed by atoms with Gasteiger partial charge in [-0.15, -0.1) is 0 Å². The second kappa shape index (κ2) is 6.40. The number of nitrogens with one attached hydrogen (secondary N) is 1. The largest absolute Gasteiger partial charge is 0.359 e. The number of pyridine rings is 2. The van der Waals surface area contributed by atoms with E-state index >= 15 is 0 Å². The molecule has 0 spiro atoms. The second-order valence-electron chi connectivity index (χ2n) is 6.27. The molecule has 2 aromatic heterocycles. The van der Waals surface area contributed by atoms with E-state index in [9.17, 15) is 4.79 Å². The summed E-state index contributed by atoms with van der Waals surface area (Å²) in [4.78, 5) is 16.4. The Morgan fingerprint density at radius 3 is 2.60 bits per heavy atom. The molecule has 0 unspecified atom stereocenters. The van der Waals surface area contributed by atoms with Gasteiger partial charge in [-0.25, -0.2) is 0 Å². The van der Waals surface area contributed by atoms with Crippen molar-refractivity contribution in [2.24, 2.45) is 0 Å². The molecule has 1 saturated carbocycles. The van der Waals surface area contributed by atoms with Crippen molar-refractivity contribution < 1.29 is 0 Å². The average molecular weight is 329 g/mol. The molecule has 0 saturated heterocycles. The summed E-state index contributed by atoms with van der Waals surface area (Å²) in [5.74, 6) is 0. The lowest BCUT2D eigenvalue weighted by Crippen LogP contribution is -2.16. The van der Waals surface area contributed by atoms with Crippen molar-refractivity contribution in [3.05, 3.63) is 88.7 Å². The molecular formula is C21H19N3O. The maximum Gasteiger partial charge on any atom is 0.255 e. The van der Waals surface area contributed by atoms with Crippen LogP contribution in [0.25, 0.3) is 16.8 Å². The molecule has 1 aromatic carbocycles. The number of rotatable bonds is 4. The van der Waals surface area contributed by atoms with Crippen LogP contribution in [-0.4, -0.2) is 9.55 Å². The Balaban J connectivity index is 1.72. The fourth-order valence-electron chi connectivity index (χ4n) is 2.88. The van der Waals surface area contributed by atoms with Gasteiger partial charge in [-0.3, -0.25) is 14.3 Å². The predicted octanol–water partition coefficient (Wildman–Crippen LogP) is 4.38. The zero-order valence-electron chi connectivity index (χ0n) is 14.1. The van der Waals surface area contributed by atoms with Crippen LogP contribution in [0.5, 0.6) is 0 Å². The molecule has 4 heteroatoms. The van der Waals surface area contributed by atoms with Gasteiger partial charge in [-0.05, 0) is 67.3 Å². The van der Waals surface area contributed by atoms with Crippen molar-refractivity contribution in [2.75, 3.05) is 5.32 Å². The summed E-state index contributed by atoms with van der Waals surface area (Å²) in [6, 6.07) is 15.3. The molecule has 0 aliphatic heterocycles. The Morgan fingerprint density at radius 1 is 1.04 bits per heavy atom. The molecule has 4 rings (SSSR count). The minimum Gasteiger partial charge on any atom is -0.359 e. The third kappa shape index (κ3) is 3.38. The van der Waals surface area contributed by atoms with Crippen molar-refractivity contribution >= 4 is 5.69 Å². The lowest BCUT2D eigenvalue weighted by molar-refractivity contribution is 0.992. The van der Waals surface area contributed by atoms with E-state index in [0.717, 1.165) is 22.5 Å². The molecule has 1 fully saturated rings. The Kier molecular flexibility index (Phi) is 3.94. The molecule has 0 amide bonds. The molecule has 2 heterocycles. The fraction of sp³-hybridized carbons (Fsp3) is 0.143. The SMILES string of the molecule is CC(Nc1cccc(-n2cc(-c3ccncc3)ccc2=O)c1)=C1CC1. The summed E-state index contributed by atoms with van der Waals surface area (Å²) in [7, 11) is 0. The number of allylic oxidation sites excluding steroid dienone is 2. The molecule has 0 atom stereocenters. The van der Waals surface area contributed by atoms with Gasteiger partial charge in [0.2, 0.25) is 0 Å². The minimum absolute atomic E-state index is 0.0489. The zero-order valence-corrected chi connectivity index (χ0v) is 14.1. The first-order valence-corrected chi connectivity index (χ1v) is 8.40. The number of nitrogens with zero attached hydrogens (tertiary/aromatic N) is 2. The topological polar surface area (TPSA) is 46.9 Å². The number of aromatic nitrogens is 2. The van der Waals surface area contributed by atoms with Crippen LogP contribution in [0.3, 0.4) is 0 Å². The highest BCUT2D eigenvalue weighted by atomic mass is 16.1. The highest BCUT2D eigenvalue weighted by Gasteiger charge is 2.14. The summed E-state index contributed by atoms with van der Waals surface area (Å²) in [5.41, 5.74) is 6.50. The van der Waals surface area contributed by atoms with Gasteiger partial charge in [-0.2, -0.15) is 0 Å². The van der Waals surface area contributed by atoms with Crippen molar-refractivity contribution in [3.8, 4) is 16.8 Å². The van der Waals surface area contributed by atoms with E-state index in [1.54, 1.807) is 23.0 Å². The van der Waals surface area contributed by atoms with E-state index in [0.29, 0.717) is 0 Å². The molecule has 1 aliphatic rings. The van der Waals surface area contributed by atoms with Crippen molar-refractivity contribution in [1.29, 1.82) is 0 Å². The van der Waals surface area contributed by atoms with Gasteiger partial charge in [-0.1, -0.05) is 11.6 Å². The Bertz CT molecular complexity index is 997. The normalized spacial score (nSPS) is 12.8. The summed E-state index contributed by atoms with van der Waals surface area (Å²) in [6.07, 6.45) is 7.76. The number of hydrogen-bond acceptors (Lipinski definition) is 3. The summed E-state index contributed by atoms with van der Waals surface area (Å²) < 4.78 is 1.68. The van der Waals surface area contributed by atoms with Crippen LogP contribution in [0.4, 0.5) is 5.69 Å². The van der Waals surface area contributed by atoms with Gasteiger partial charge in [0.1, 0.15) is 0 Å². The standard InChI is InChI=1S/C21H19N3O/c1-15(16-5-6-16)23-19-3-2-4-20(13-19)24-14-18(7-8-21(24)25)17-9-11-22-12-10-17/h2-4,7-14,23H,5-6H2,1H3. The number of benzene rings is 1. The first-order valence-electron chi connectivity index (χ1n) is 8.40. The molecule has 25 heavy (non-hydrogen) atoms. The van der Waals surface area contributed by atoms with Crippen LogP contribution in [0.1, 0.15) is 19.8 Å². The number of anilines is 1.